The van der Waals surface area contributed by atoms with E-state index >= 15 is 0 Å². The molecule has 2 aliphatic rings. The number of thiazole rings is 1. The largest absolute Gasteiger partial charge is 0.480 e. The smallest absolute Gasteiger partial charge is 0.352 e. The van der Waals surface area contributed by atoms with Crippen LogP contribution in [0.1, 0.15) is 25.0 Å². The number of aromatic nitrogens is 1. The summed E-state index contributed by atoms with van der Waals surface area (Å²) < 4.78 is 0. The van der Waals surface area contributed by atoms with Crippen LogP contribution in [-0.4, -0.2) is 97.0 Å². The third kappa shape index (κ3) is 8.25. The molecule has 1 saturated heterocycles. The van der Waals surface area contributed by atoms with Crippen molar-refractivity contribution in [1.29, 1.82) is 0 Å². The molecule has 40 heavy (non-hydrogen) atoms. The van der Waals surface area contributed by atoms with Crippen molar-refractivity contribution < 1.29 is 44.1 Å². The number of hydrogen-bond acceptors (Lipinski definition) is 13. The first-order valence-corrected chi connectivity index (χ1v) is 13.5. The van der Waals surface area contributed by atoms with Gasteiger partial charge in [0.2, 0.25) is 6.61 Å². The number of β-lactam (4-membered cyclic amide) rings is 1. The lowest BCUT2D eigenvalue weighted by molar-refractivity contribution is -0.150. The maximum Gasteiger partial charge on any atom is 0.352 e. The van der Waals surface area contributed by atoms with Crippen molar-refractivity contribution in [1.82, 2.24) is 15.2 Å². The summed E-state index contributed by atoms with van der Waals surface area (Å²) >= 11 is 2.30. The summed E-state index contributed by atoms with van der Waals surface area (Å²) in [5, 5.41) is 33.4. The zero-order valence-electron chi connectivity index (χ0n) is 21.0. The quantitative estimate of drug-likeness (QED) is 0.0619. The van der Waals surface area contributed by atoms with Crippen molar-refractivity contribution in [3.8, 4) is 0 Å². The van der Waals surface area contributed by atoms with Gasteiger partial charge in [-0.05, 0) is 25.0 Å². The molecule has 0 saturated carbocycles. The van der Waals surface area contributed by atoms with E-state index < -0.39 is 53.8 Å². The van der Waals surface area contributed by atoms with E-state index in [0.717, 1.165) is 29.1 Å². The van der Waals surface area contributed by atoms with Crippen LogP contribution in [0.2, 0.25) is 0 Å². The molecule has 3 heterocycles. The summed E-state index contributed by atoms with van der Waals surface area (Å²) in [6.45, 7) is 3.38. The minimum absolute atomic E-state index is 0.0420. The predicted octanol–water partition coefficient (Wildman–Crippen LogP) is -1.02. The van der Waals surface area contributed by atoms with Crippen molar-refractivity contribution >= 4 is 63.7 Å². The number of nitrogens with one attached hydrogen (secondary N) is 1. The van der Waals surface area contributed by atoms with Gasteiger partial charge in [-0.3, -0.25) is 19.3 Å². The van der Waals surface area contributed by atoms with E-state index in [0.29, 0.717) is 24.3 Å². The molecule has 10 N–H and O–H groups in total. The van der Waals surface area contributed by atoms with E-state index in [4.69, 9.17) is 27.4 Å². The molecular weight excluding hydrogens is 570 g/mol. The fourth-order valence-corrected chi connectivity index (χ4v) is 5.28. The highest BCUT2D eigenvalue weighted by Gasteiger charge is 2.54. The Morgan fingerprint density at radius 2 is 2.00 bits per heavy atom. The van der Waals surface area contributed by atoms with Crippen LogP contribution in [0.15, 0.2) is 34.5 Å². The van der Waals surface area contributed by atoms with Gasteiger partial charge in [-0.1, -0.05) is 24.2 Å². The van der Waals surface area contributed by atoms with Crippen molar-refractivity contribution in [3.05, 3.63) is 35.0 Å². The second kappa shape index (κ2) is 15.0. The van der Waals surface area contributed by atoms with Crippen molar-refractivity contribution in [2.24, 2.45) is 16.6 Å². The molecule has 0 spiro atoms. The number of oxime groups is 1. The van der Waals surface area contributed by atoms with Crippen LogP contribution in [0.3, 0.4) is 0 Å². The average molecular weight is 600 g/mol. The van der Waals surface area contributed by atoms with E-state index in [1.54, 1.807) is 0 Å². The molecule has 1 unspecified atom stereocenters. The second-order valence-electron chi connectivity index (χ2n) is 8.15. The highest BCUT2D eigenvalue weighted by atomic mass is 32.2. The fraction of sp³-hybridized carbons (Fsp3) is 0.409. The Labute approximate surface area is 235 Å². The van der Waals surface area contributed by atoms with Gasteiger partial charge in [0, 0.05) is 11.1 Å². The Kier molecular flexibility index (Phi) is 12.1. The number of nitrogens with two attached hydrogens (primary N) is 3. The summed E-state index contributed by atoms with van der Waals surface area (Å²) in [7, 11) is 0. The average Bonchev–Trinajstić information content (AvgIpc) is 3.34. The number of carboxylic acids is 3. The van der Waals surface area contributed by atoms with Gasteiger partial charge >= 0.3 is 17.9 Å². The van der Waals surface area contributed by atoms with Gasteiger partial charge in [0.25, 0.3) is 11.8 Å². The number of thioether (sulfide) groups is 1. The van der Waals surface area contributed by atoms with Crippen LogP contribution in [-0.2, 0) is 28.8 Å². The summed E-state index contributed by atoms with van der Waals surface area (Å²) in [4.78, 5) is 67.2. The minimum Gasteiger partial charge on any atom is -0.480 e. The van der Waals surface area contributed by atoms with Gasteiger partial charge in [-0.2, -0.15) is 0 Å². The van der Waals surface area contributed by atoms with E-state index in [2.05, 4.69) is 26.9 Å². The number of amides is 2. The third-order valence-electron chi connectivity index (χ3n) is 5.34. The number of nitrogens with zero attached hydrogens (tertiary/aromatic N) is 3. The predicted molar refractivity (Wildman–Crippen MR) is 145 cm³/mol. The molecule has 0 bridgehead atoms. The number of hydrogen-bond donors (Lipinski definition) is 7. The lowest BCUT2D eigenvalue weighted by Crippen LogP contribution is -2.71. The molecule has 2 amide bonds. The second-order valence-corrected chi connectivity index (χ2v) is 10.1. The van der Waals surface area contributed by atoms with Gasteiger partial charge in [0.15, 0.2) is 10.8 Å². The van der Waals surface area contributed by atoms with Crippen molar-refractivity contribution in [2.45, 2.75) is 36.7 Å². The fourth-order valence-electron chi connectivity index (χ4n) is 3.39. The van der Waals surface area contributed by atoms with Gasteiger partial charge in [0.05, 0.1) is 0 Å². The SMILES string of the molecule is C=CC1=C(C(=O)O)N2C(=O)[C@@H](NC(=O)/C(=N\OCC(=O)O)c3csc(N)n3)[C@H]2SC1.NCCCCC(N)C(=O)O. The Hall–Kier alpha value is -4.00. The van der Waals surface area contributed by atoms with Crippen LogP contribution >= 0.6 is 23.1 Å². The van der Waals surface area contributed by atoms with E-state index in [9.17, 15) is 29.1 Å². The zero-order chi connectivity index (χ0) is 30.0. The monoisotopic (exact) mass is 599 g/mol. The number of nitrogen functional groups attached to an aromatic ring is 1. The molecule has 1 aromatic rings. The maximum absolute atomic E-state index is 12.7. The number of anilines is 1. The molecule has 218 valence electrons. The lowest BCUT2D eigenvalue weighted by atomic mass is 10.0. The van der Waals surface area contributed by atoms with Crippen LogP contribution in [0, 0.1) is 0 Å². The Balaban J connectivity index is 0.000000478. The third-order valence-corrected chi connectivity index (χ3v) is 7.32. The molecule has 0 radical (unpaired) electrons. The normalized spacial score (nSPS) is 18.9. The Morgan fingerprint density at radius 1 is 1.30 bits per heavy atom. The van der Waals surface area contributed by atoms with Crippen LogP contribution in [0.25, 0.3) is 0 Å². The number of rotatable bonds is 13. The molecule has 16 nitrogen and oxygen atoms in total. The highest BCUT2D eigenvalue weighted by molar-refractivity contribution is 8.00. The molecule has 0 aliphatic carbocycles. The van der Waals surface area contributed by atoms with Gasteiger partial charge in [0.1, 0.15) is 28.8 Å². The van der Waals surface area contributed by atoms with Gasteiger partial charge < -0.3 is 42.7 Å². The number of carbonyl (C=O) groups is 5. The standard InChI is InChI=1S/C16H15N5O7S2.C6H14N2O2/c1-2-6-4-29-14-10(13(25)21(14)11(6)15(26)27)19-12(24)9(20-28-3-8(22)23)7-5-30-16(17)18-7;7-4-2-1-3-5(8)6(9)10/h2,5,10,14H,1,3-4H2,(H2,17,18)(H,19,24)(H,22,23)(H,26,27);5H,1-4,7-8H2,(H,9,10)/b20-9-;/t10-,14-;/m1./s1. The van der Waals surface area contributed by atoms with Gasteiger partial charge in [-0.15, -0.1) is 23.1 Å². The molecule has 1 aromatic heterocycles. The molecule has 1 fully saturated rings. The lowest BCUT2D eigenvalue weighted by Gasteiger charge is -2.49. The van der Waals surface area contributed by atoms with E-state index in [-0.39, 0.29) is 22.2 Å². The number of fused-ring (bicyclic) bond motifs is 1. The van der Waals surface area contributed by atoms with Crippen LogP contribution in [0.5, 0.6) is 0 Å². The first kappa shape index (κ1) is 32.2. The summed E-state index contributed by atoms with van der Waals surface area (Å²) in [6, 6.07) is -1.73. The van der Waals surface area contributed by atoms with Crippen molar-refractivity contribution in [3.63, 3.8) is 0 Å². The summed E-state index contributed by atoms with van der Waals surface area (Å²) in [6.07, 6.45) is 3.54. The first-order valence-electron chi connectivity index (χ1n) is 11.6. The number of carboxylic acid groups (broad SMARTS) is 3. The molecule has 3 atom stereocenters. The molecule has 3 rings (SSSR count). The number of allylic oxidation sites excluding steroid dienone is 1. The summed E-state index contributed by atoms with van der Waals surface area (Å²) in [5.41, 5.74) is 15.9. The Bertz CT molecular complexity index is 1220. The number of carbonyl (C=O) groups excluding carboxylic acids is 2. The van der Waals surface area contributed by atoms with Gasteiger partial charge in [-0.25, -0.2) is 14.6 Å². The molecular formula is C22H29N7O9S2. The maximum atomic E-state index is 12.7. The highest BCUT2D eigenvalue weighted by Crippen LogP contribution is 2.40. The minimum atomic E-state index is -1.30. The molecule has 0 aromatic carbocycles. The Morgan fingerprint density at radius 3 is 2.52 bits per heavy atom. The van der Waals surface area contributed by atoms with E-state index in [1.165, 1.54) is 23.2 Å². The number of aliphatic carboxylic acids is 3. The van der Waals surface area contributed by atoms with Crippen LogP contribution in [0.4, 0.5) is 5.13 Å². The zero-order valence-corrected chi connectivity index (χ0v) is 22.7. The topological polar surface area (TPSA) is 274 Å². The van der Waals surface area contributed by atoms with E-state index in [1.807, 2.05) is 0 Å². The first-order chi connectivity index (χ1) is 18.9. The summed E-state index contributed by atoms with van der Waals surface area (Å²) in [5.74, 6) is -4.66. The molecule has 2 aliphatic heterocycles. The number of unbranched alkanes of at least 4 members (excludes halogenated alkanes) is 1. The van der Waals surface area contributed by atoms with Crippen LogP contribution < -0.4 is 22.5 Å². The molecule has 18 heteroatoms. The van der Waals surface area contributed by atoms with Crippen molar-refractivity contribution in [2.75, 3.05) is 24.6 Å².